The van der Waals surface area contributed by atoms with E-state index in [1.165, 1.54) is 44.9 Å². The molecule has 2 rings (SSSR count). The van der Waals surface area contributed by atoms with Crippen molar-refractivity contribution < 1.29 is 9.90 Å². The van der Waals surface area contributed by atoms with Crippen LogP contribution in [-0.2, 0) is 4.79 Å². The lowest BCUT2D eigenvalue weighted by atomic mass is 9.58. The smallest absolute Gasteiger partial charge is 0.307 e. The molecule has 110 valence electrons. The molecule has 19 heavy (non-hydrogen) atoms. The normalized spacial score (nSPS) is 24.4. The van der Waals surface area contributed by atoms with Gasteiger partial charge in [-0.25, -0.2) is 0 Å². The molecule has 0 saturated heterocycles. The maximum absolute atomic E-state index is 11.2. The third-order valence-electron chi connectivity index (χ3n) is 5.03. The molecule has 1 spiro atoms. The maximum atomic E-state index is 11.2. The Morgan fingerprint density at radius 1 is 1.26 bits per heavy atom. The van der Waals surface area contributed by atoms with E-state index in [1.807, 2.05) is 0 Å². The molecule has 2 fully saturated rings. The van der Waals surface area contributed by atoms with E-state index >= 15 is 0 Å². The molecule has 2 N–H and O–H groups in total. The van der Waals surface area contributed by atoms with Crippen LogP contribution in [-0.4, -0.2) is 23.7 Å². The summed E-state index contributed by atoms with van der Waals surface area (Å²) in [4.78, 5) is 11.2. The van der Waals surface area contributed by atoms with Gasteiger partial charge < -0.3 is 10.4 Å². The van der Waals surface area contributed by atoms with Crippen molar-refractivity contribution in [2.45, 2.75) is 71.3 Å². The molecule has 1 unspecified atom stereocenters. The summed E-state index contributed by atoms with van der Waals surface area (Å²) in [6.45, 7) is 4.83. The van der Waals surface area contributed by atoms with E-state index in [4.69, 9.17) is 0 Å². The number of carboxylic acids is 1. The molecule has 3 nitrogen and oxygen atoms in total. The molecular formula is C16H29NO2. The van der Waals surface area contributed by atoms with Gasteiger partial charge in [-0.3, -0.25) is 4.79 Å². The Labute approximate surface area is 117 Å². The van der Waals surface area contributed by atoms with Crippen molar-refractivity contribution in [3.63, 3.8) is 0 Å². The van der Waals surface area contributed by atoms with Crippen LogP contribution in [0, 0.1) is 17.3 Å². The second kappa shape index (κ2) is 6.25. The number of hydrogen-bond acceptors (Lipinski definition) is 2. The summed E-state index contributed by atoms with van der Waals surface area (Å²) >= 11 is 0. The van der Waals surface area contributed by atoms with Gasteiger partial charge in [0.05, 0.1) is 5.92 Å². The summed E-state index contributed by atoms with van der Waals surface area (Å²) in [5, 5.41) is 12.7. The minimum absolute atomic E-state index is 0.220. The average Bonchev–Trinajstić information content (AvgIpc) is 2.32. The summed E-state index contributed by atoms with van der Waals surface area (Å²) in [5.74, 6) is -0.412. The molecule has 0 heterocycles. The van der Waals surface area contributed by atoms with Gasteiger partial charge in [-0.2, -0.15) is 0 Å². The molecule has 2 saturated carbocycles. The van der Waals surface area contributed by atoms with E-state index in [0.29, 0.717) is 23.9 Å². The number of carboxylic acid groups (broad SMARTS) is 1. The Hall–Kier alpha value is -0.570. The largest absolute Gasteiger partial charge is 0.481 e. The Morgan fingerprint density at radius 3 is 2.42 bits per heavy atom. The Bertz CT molecular complexity index is 300. The zero-order valence-electron chi connectivity index (χ0n) is 12.5. The lowest BCUT2D eigenvalue weighted by Crippen LogP contribution is -2.51. The number of aliphatic carboxylic acids is 1. The van der Waals surface area contributed by atoms with Gasteiger partial charge in [0, 0.05) is 12.6 Å². The standard InChI is InChI=1S/C16H29NO2/c1-12(2)8-13(15(18)19)11-17-14-9-16(10-14)6-4-3-5-7-16/h12-14,17H,3-11H2,1-2H3,(H,18,19). The van der Waals surface area contributed by atoms with Crippen molar-refractivity contribution >= 4 is 5.97 Å². The van der Waals surface area contributed by atoms with Crippen LogP contribution in [0.3, 0.4) is 0 Å². The summed E-state index contributed by atoms with van der Waals surface area (Å²) in [7, 11) is 0. The summed E-state index contributed by atoms with van der Waals surface area (Å²) in [6, 6.07) is 0.576. The van der Waals surface area contributed by atoms with Crippen LogP contribution < -0.4 is 5.32 Å². The lowest BCUT2D eigenvalue weighted by molar-refractivity contribution is -0.142. The predicted octanol–water partition coefficient (Wildman–Crippen LogP) is 3.44. The molecule has 0 radical (unpaired) electrons. The zero-order chi connectivity index (χ0) is 13.9. The monoisotopic (exact) mass is 267 g/mol. The topological polar surface area (TPSA) is 49.3 Å². The van der Waals surface area contributed by atoms with Crippen LogP contribution in [0.15, 0.2) is 0 Å². The van der Waals surface area contributed by atoms with Gasteiger partial charge in [-0.15, -0.1) is 0 Å². The Kier molecular flexibility index (Phi) is 4.88. The van der Waals surface area contributed by atoms with Gasteiger partial charge in [0.1, 0.15) is 0 Å². The maximum Gasteiger partial charge on any atom is 0.307 e. The highest BCUT2D eigenvalue weighted by Gasteiger charge is 2.44. The fourth-order valence-electron chi connectivity index (χ4n) is 3.99. The highest BCUT2D eigenvalue weighted by Crippen LogP contribution is 2.51. The van der Waals surface area contributed by atoms with Crippen LogP contribution in [0.4, 0.5) is 0 Å². The molecule has 0 aliphatic heterocycles. The third-order valence-corrected chi connectivity index (χ3v) is 5.03. The Morgan fingerprint density at radius 2 is 1.89 bits per heavy atom. The third kappa shape index (κ3) is 3.95. The summed E-state index contributed by atoms with van der Waals surface area (Å²) in [5.41, 5.74) is 0.632. The second-order valence-corrected chi connectivity index (χ2v) is 7.24. The average molecular weight is 267 g/mol. The molecule has 0 amide bonds. The van der Waals surface area contributed by atoms with E-state index in [0.717, 1.165) is 6.42 Å². The van der Waals surface area contributed by atoms with Crippen LogP contribution in [0.5, 0.6) is 0 Å². The van der Waals surface area contributed by atoms with E-state index in [1.54, 1.807) is 0 Å². The fraction of sp³-hybridized carbons (Fsp3) is 0.938. The quantitative estimate of drug-likeness (QED) is 0.775. The highest BCUT2D eigenvalue weighted by atomic mass is 16.4. The van der Waals surface area contributed by atoms with Crippen molar-refractivity contribution in [2.24, 2.45) is 17.3 Å². The first-order chi connectivity index (χ1) is 9.01. The first-order valence-electron chi connectivity index (χ1n) is 7.97. The first kappa shape index (κ1) is 14.8. The van der Waals surface area contributed by atoms with Crippen molar-refractivity contribution in [3.8, 4) is 0 Å². The van der Waals surface area contributed by atoms with E-state index in [-0.39, 0.29) is 5.92 Å². The predicted molar refractivity (Wildman–Crippen MR) is 77.1 cm³/mol. The number of nitrogens with one attached hydrogen (secondary N) is 1. The first-order valence-corrected chi connectivity index (χ1v) is 7.97. The van der Waals surface area contributed by atoms with Crippen LogP contribution in [0.25, 0.3) is 0 Å². The second-order valence-electron chi connectivity index (χ2n) is 7.24. The molecule has 3 heteroatoms. The molecule has 0 bridgehead atoms. The van der Waals surface area contributed by atoms with E-state index in [9.17, 15) is 9.90 Å². The van der Waals surface area contributed by atoms with Crippen LogP contribution in [0.2, 0.25) is 0 Å². The van der Waals surface area contributed by atoms with Crippen molar-refractivity contribution in [2.75, 3.05) is 6.54 Å². The molecule has 0 aromatic heterocycles. The summed E-state index contributed by atoms with van der Waals surface area (Å²) < 4.78 is 0. The SMILES string of the molecule is CC(C)CC(CNC1CC2(CCCCC2)C1)C(=O)O. The summed E-state index contributed by atoms with van der Waals surface area (Å²) in [6.07, 6.45) is 10.4. The molecule has 0 aromatic carbocycles. The van der Waals surface area contributed by atoms with Gasteiger partial charge in [0.25, 0.3) is 0 Å². The van der Waals surface area contributed by atoms with Gasteiger partial charge in [-0.05, 0) is 43.4 Å². The number of hydrogen-bond donors (Lipinski definition) is 2. The van der Waals surface area contributed by atoms with Crippen molar-refractivity contribution in [3.05, 3.63) is 0 Å². The molecule has 0 aromatic rings. The van der Waals surface area contributed by atoms with E-state index in [2.05, 4.69) is 19.2 Å². The van der Waals surface area contributed by atoms with Gasteiger partial charge in [0.2, 0.25) is 0 Å². The van der Waals surface area contributed by atoms with Gasteiger partial charge >= 0.3 is 5.97 Å². The van der Waals surface area contributed by atoms with E-state index < -0.39 is 5.97 Å². The number of rotatable bonds is 6. The van der Waals surface area contributed by atoms with Gasteiger partial charge in [0.15, 0.2) is 0 Å². The lowest BCUT2D eigenvalue weighted by Gasteiger charge is -2.51. The Balaban J connectivity index is 1.70. The van der Waals surface area contributed by atoms with Crippen LogP contribution in [0.1, 0.15) is 65.2 Å². The number of carbonyl (C=O) groups is 1. The van der Waals surface area contributed by atoms with Gasteiger partial charge in [-0.1, -0.05) is 33.1 Å². The zero-order valence-corrected chi connectivity index (χ0v) is 12.5. The minimum atomic E-state index is -0.645. The molecule has 2 aliphatic rings. The molecular weight excluding hydrogens is 238 g/mol. The van der Waals surface area contributed by atoms with Crippen LogP contribution >= 0.6 is 0 Å². The van der Waals surface area contributed by atoms with Crippen molar-refractivity contribution in [1.29, 1.82) is 0 Å². The molecule has 1 atom stereocenters. The fourth-order valence-corrected chi connectivity index (χ4v) is 3.99. The highest BCUT2D eigenvalue weighted by molar-refractivity contribution is 5.70. The minimum Gasteiger partial charge on any atom is -0.481 e. The molecule has 2 aliphatic carbocycles. The van der Waals surface area contributed by atoms with Crippen molar-refractivity contribution in [1.82, 2.24) is 5.32 Å².